The smallest absolute Gasteiger partial charge is 0.119 e. The van der Waals surface area contributed by atoms with Gasteiger partial charge in [-0.05, 0) is 74.8 Å². The van der Waals surface area contributed by atoms with Crippen LogP contribution in [0.4, 0.5) is 0 Å². The highest BCUT2D eigenvalue weighted by atomic mass is 16.5. The molecule has 0 aromatic heterocycles. The maximum atomic E-state index is 8.75. The van der Waals surface area contributed by atoms with Crippen molar-refractivity contribution < 1.29 is 9.84 Å². The van der Waals surface area contributed by atoms with Gasteiger partial charge < -0.3 is 15.2 Å². The first-order chi connectivity index (χ1) is 10.3. The van der Waals surface area contributed by atoms with Crippen molar-refractivity contribution in [2.75, 3.05) is 19.8 Å². The summed E-state index contributed by atoms with van der Waals surface area (Å²) in [7, 11) is 0. The third-order valence-electron chi connectivity index (χ3n) is 4.14. The van der Waals surface area contributed by atoms with E-state index >= 15 is 0 Å². The molecule has 0 radical (unpaired) electrons. The van der Waals surface area contributed by atoms with Crippen molar-refractivity contribution in [3.63, 3.8) is 0 Å². The van der Waals surface area contributed by atoms with E-state index in [1.807, 2.05) is 0 Å². The minimum absolute atomic E-state index is 0.283. The van der Waals surface area contributed by atoms with E-state index in [1.165, 1.54) is 36.8 Å². The summed E-state index contributed by atoms with van der Waals surface area (Å²) in [6, 6.07) is 7.09. The summed E-state index contributed by atoms with van der Waals surface area (Å²) >= 11 is 0. The molecule has 2 rings (SSSR count). The van der Waals surface area contributed by atoms with E-state index in [9.17, 15) is 0 Å². The average molecular weight is 291 g/mol. The number of benzene rings is 1. The van der Waals surface area contributed by atoms with Crippen LogP contribution in [0.3, 0.4) is 0 Å². The molecule has 21 heavy (non-hydrogen) atoms. The van der Waals surface area contributed by atoms with Crippen LogP contribution < -0.4 is 10.1 Å². The van der Waals surface area contributed by atoms with Crippen molar-refractivity contribution in [1.82, 2.24) is 5.32 Å². The molecule has 0 bridgehead atoms. The zero-order chi connectivity index (χ0) is 14.9. The molecule has 3 nitrogen and oxygen atoms in total. The molecule has 1 atom stereocenters. The van der Waals surface area contributed by atoms with Crippen LogP contribution in [0.15, 0.2) is 18.2 Å². The molecule has 1 unspecified atom stereocenters. The number of rotatable bonds is 9. The van der Waals surface area contributed by atoms with Gasteiger partial charge in [-0.3, -0.25) is 0 Å². The van der Waals surface area contributed by atoms with Crippen LogP contribution >= 0.6 is 0 Å². The predicted octanol–water partition coefficient (Wildman–Crippen LogP) is 3.61. The number of fused-ring (bicyclic) bond motifs is 1. The molecule has 0 saturated carbocycles. The second kappa shape index (κ2) is 9.06. The fraction of sp³-hybridized carbons (Fsp3) is 0.667. The number of ether oxygens (including phenoxy) is 1. The molecule has 0 fully saturated rings. The first-order valence-corrected chi connectivity index (χ1v) is 8.45. The molecule has 0 amide bonds. The van der Waals surface area contributed by atoms with Gasteiger partial charge in [-0.25, -0.2) is 0 Å². The third kappa shape index (κ3) is 5.01. The quantitative estimate of drug-likeness (QED) is 0.683. The molecule has 1 aromatic rings. The molecular formula is C18H29NO2. The molecule has 1 aliphatic carbocycles. The molecule has 1 aliphatic rings. The second-order valence-corrected chi connectivity index (χ2v) is 5.89. The van der Waals surface area contributed by atoms with E-state index in [2.05, 4.69) is 30.4 Å². The summed E-state index contributed by atoms with van der Waals surface area (Å²) in [5.41, 5.74) is 2.91. The van der Waals surface area contributed by atoms with Gasteiger partial charge in [0.2, 0.25) is 0 Å². The summed E-state index contributed by atoms with van der Waals surface area (Å²) in [5, 5.41) is 12.4. The standard InChI is InChI=1S/C18H29NO2/c1-2-11-19-18-8-6-7-15-14-16(9-10-17(15)18)21-13-5-3-4-12-20/h9-10,14,18-20H,2-8,11-13H2,1H3. The normalized spacial score (nSPS) is 17.5. The van der Waals surface area contributed by atoms with Gasteiger partial charge in [-0.2, -0.15) is 0 Å². The Bertz CT molecular complexity index is 420. The zero-order valence-electron chi connectivity index (χ0n) is 13.2. The number of unbranched alkanes of at least 4 members (excludes halogenated alkanes) is 2. The summed E-state index contributed by atoms with van der Waals surface area (Å²) in [4.78, 5) is 0. The molecule has 118 valence electrons. The molecule has 0 aliphatic heterocycles. The first kappa shape index (κ1) is 16.3. The number of hydrogen-bond acceptors (Lipinski definition) is 3. The van der Waals surface area contributed by atoms with Gasteiger partial charge in [0, 0.05) is 12.6 Å². The first-order valence-electron chi connectivity index (χ1n) is 8.45. The Morgan fingerprint density at radius 1 is 1.29 bits per heavy atom. The number of hydrogen-bond donors (Lipinski definition) is 2. The van der Waals surface area contributed by atoms with Crippen molar-refractivity contribution >= 4 is 0 Å². The van der Waals surface area contributed by atoms with Crippen molar-refractivity contribution in [1.29, 1.82) is 0 Å². The van der Waals surface area contributed by atoms with Crippen LogP contribution in [0.1, 0.15) is 62.6 Å². The van der Waals surface area contributed by atoms with Crippen LogP contribution in [0.25, 0.3) is 0 Å². The van der Waals surface area contributed by atoms with Crippen LogP contribution in [-0.4, -0.2) is 24.9 Å². The van der Waals surface area contributed by atoms with E-state index in [1.54, 1.807) is 0 Å². The van der Waals surface area contributed by atoms with Crippen molar-refractivity contribution in [2.45, 2.75) is 57.9 Å². The summed E-state index contributed by atoms with van der Waals surface area (Å²) in [5.74, 6) is 0.994. The van der Waals surface area contributed by atoms with Crippen LogP contribution in [0.5, 0.6) is 5.75 Å². The van der Waals surface area contributed by atoms with Gasteiger partial charge >= 0.3 is 0 Å². The Morgan fingerprint density at radius 3 is 3.00 bits per heavy atom. The van der Waals surface area contributed by atoms with Crippen LogP contribution in [0, 0.1) is 0 Å². The van der Waals surface area contributed by atoms with E-state index in [0.717, 1.165) is 38.2 Å². The Kier molecular flexibility index (Phi) is 7.04. The maximum absolute atomic E-state index is 8.75. The minimum atomic E-state index is 0.283. The Hall–Kier alpha value is -1.06. The van der Waals surface area contributed by atoms with Gasteiger partial charge in [0.05, 0.1) is 6.61 Å². The van der Waals surface area contributed by atoms with Gasteiger partial charge in [-0.1, -0.05) is 13.0 Å². The molecule has 3 heteroatoms. The van der Waals surface area contributed by atoms with Crippen molar-refractivity contribution in [3.05, 3.63) is 29.3 Å². The highest BCUT2D eigenvalue weighted by Gasteiger charge is 2.19. The summed E-state index contributed by atoms with van der Waals surface area (Å²) in [6.45, 7) is 4.33. The van der Waals surface area contributed by atoms with Gasteiger partial charge in [0.1, 0.15) is 5.75 Å². The molecule has 0 saturated heterocycles. The molecule has 0 heterocycles. The van der Waals surface area contributed by atoms with Gasteiger partial charge in [-0.15, -0.1) is 0 Å². The lowest BCUT2D eigenvalue weighted by Gasteiger charge is -2.27. The van der Waals surface area contributed by atoms with E-state index < -0.39 is 0 Å². The van der Waals surface area contributed by atoms with E-state index in [4.69, 9.17) is 9.84 Å². The lowest BCUT2D eigenvalue weighted by atomic mass is 9.87. The Labute approximate surface area is 128 Å². The Morgan fingerprint density at radius 2 is 2.19 bits per heavy atom. The predicted molar refractivity (Wildman–Crippen MR) is 86.8 cm³/mol. The Balaban J connectivity index is 1.89. The molecular weight excluding hydrogens is 262 g/mol. The highest BCUT2D eigenvalue weighted by molar-refractivity contribution is 5.39. The average Bonchev–Trinajstić information content (AvgIpc) is 2.52. The van der Waals surface area contributed by atoms with E-state index in [0.29, 0.717) is 6.04 Å². The zero-order valence-corrected chi connectivity index (χ0v) is 13.2. The molecule has 1 aromatic carbocycles. The minimum Gasteiger partial charge on any atom is -0.494 e. The molecule has 0 spiro atoms. The number of nitrogens with one attached hydrogen (secondary N) is 1. The van der Waals surface area contributed by atoms with Gasteiger partial charge in [0.25, 0.3) is 0 Å². The lowest BCUT2D eigenvalue weighted by Crippen LogP contribution is -2.25. The third-order valence-corrected chi connectivity index (χ3v) is 4.14. The summed E-state index contributed by atoms with van der Waals surface area (Å²) < 4.78 is 5.83. The van der Waals surface area contributed by atoms with Crippen LogP contribution in [-0.2, 0) is 6.42 Å². The number of aryl methyl sites for hydroxylation is 1. The lowest BCUT2D eigenvalue weighted by molar-refractivity contribution is 0.266. The fourth-order valence-corrected chi connectivity index (χ4v) is 2.99. The SMILES string of the molecule is CCCNC1CCCc2cc(OCCCCCO)ccc21. The number of aliphatic hydroxyl groups excluding tert-OH is 1. The van der Waals surface area contributed by atoms with Crippen molar-refractivity contribution in [2.24, 2.45) is 0 Å². The maximum Gasteiger partial charge on any atom is 0.119 e. The summed E-state index contributed by atoms with van der Waals surface area (Å²) in [6.07, 6.45) is 7.77. The number of aliphatic hydroxyl groups is 1. The monoisotopic (exact) mass is 291 g/mol. The topological polar surface area (TPSA) is 41.5 Å². The van der Waals surface area contributed by atoms with Gasteiger partial charge in [0.15, 0.2) is 0 Å². The highest BCUT2D eigenvalue weighted by Crippen LogP contribution is 2.32. The second-order valence-electron chi connectivity index (χ2n) is 5.89. The molecule has 2 N–H and O–H groups in total. The van der Waals surface area contributed by atoms with Crippen LogP contribution in [0.2, 0.25) is 0 Å². The largest absolute Gasteiger partial charge is 0.494 e. The van der Waals surface area contributed by atoms with Crippen molar-refractivity contribution in [3.8, 4) is 5.75 Å². The van der Waals surface area contributed by atoms with E-state index in [-0.39, 0.29) is 6.61 Å². The fourth-order valence-electron chi connectivity index (χ4n) is 2.99.